The molecule has 0 aromatic rings. The monoisotopic (exact) mass is 296 g/mol. The minimum atomic E-state index is -4.23. The Morgan fingerprint density at radius 3 is 2.65 bits per heavy atom. The lowest BCUT2D eigenvalue weighted by molar-refractivity contribution is -0.174. The van der Waals surface area contributed by atoms with E-state index in [1.807, 2.05) is 0 Å². The van der Waals surface area contributed by atoms with Gasteiger partial charge < -0.3 is 10.1 Å². The van der Waals surface area contributed by atoms with Crippen molar-refractivity contribution in [3.63, 3.8) is 0 Å². The van der Waals surface area contributed by atoms with Crippen molar-refractivity contribution in [1.29, 1.82) is 0 Å². The van der Waals surface area contributed by atoms with E-state index in [0.29, 0.717) is 24.5 Å². The van der Waals surface area contributed by atoms with Crippen LogP contribution in [0.1, 0.15) is 33.6 Å². The quantitative estimate of drug-likeness (QED) is 0.763. The fourth-order valence-electron chi connectivity index (χ4n) is 2.61. The van der Waals surface area contributed by atoms with Crippen LogP contribution >= 0.6 is 0 Å². The van der Waals surface area contributed by atoms with Gasteiger partial charge in [-0.1, -0.05) is 13.8 Å². The van der Waals surface area contributed by atoms with Crippen molar-refractivity contribution in [2.24, 2.45) is 5.92 Å². The van der Waals surface area contributed by atoms with Crippen LogP contribution in [0.2, 0.25) is 0 Å². The van der Waals surface area contributed by atoms with Gasteiger partial charge in [-0.05, 0) is 32.2 Å². The number of alkyl halides is 3. The van der Waals surface area contributed by atoms with Gasteiger partial charge in [0.15, 0.2) is 0 Å². The number of hydrogen-bond acceptors (Lipinski definition) is 3. The number of nitrogens with one attached hydrogen (secondary N) is 1. The van der Waals surface area contributed by atoms with Crippen LogP contribution in [-0.2, 0) is 4.74 Å². The molecular weight excluding hydrogens is 269 g/mol. The van der Waals surface area contributed by atoms with Gasteiger partial charge in [0.1, 0.15) is 6.61 Å². The van der Waals surface area contributed by atoms with Gasteiger partial charge >= 0.3 is 6.18 Å². The molecule has 0 aromatic carbocycles. The van der Waals surface area contributed by atoms with Gasteiger partial charge in [-0.3, -0.25) is 4.90 Å². The maximum Gasteiger partial charge on any atom is 0.411 e. The third-order valence-corrected chi connectivity index (χ3v) is 3.62. The van der Waals surface area contributed by atoms with E-state index < -0.39 is 12.8 Å². The van der Waals surface area contributed by atoms with Gasteiger partial charge in [0.2, 0.25) is 0 Å². The maximum atomic E-state index is 12.0. The summed E-state index contributed by atoms with van der Waals surface area (Å²) in [5, 5.41) is 3.53. The van der Waals surface area contributed by atoms with E-state index >= 15 is 0 Å². The minimum absolute atomic E-state index is 0.137. The Bertz CT molecular complexity index is 272. The second kappa shape index (κ2) is 8.20. The summed E-state index contributed by atoms with van der Waals surface area (Å²) in [5.41, 5.74) is 0. The fourth-order valence-corrected chi connectivity index (χ4v) is 2.61. The lowest BCUT2D eigenvalue weighted by atomic mass is 10.0. The summed E-state index contributed by atoms with van der Waals surface area (Å²) < 4.78 is 40.8. The molecule has 1 saturated heterocycles. The van der Waals surface area contributed by atoms with Crippen LogP contribution < -0.4 is 5.32 Å². The topological polar surface area (TPSA) is 24.5 Å². The molecule has 1 fully saturated rings. The number of rotatable bonds is 6. The van der Waals surface area contributed by atoms with Crippen molar-refractivity contribution in [3.8, 4) is 0 Å². The Morgan fingerprint density at radius 1 is 1.35 bits per heavy atom. The van der Waals surface area contributed by atoms with E-state index in [-0.39, 0.29) is 6.61 Å². The van der Waals surface area contributed by atoms with Crippen LogP contribution in [0.5, 0.6) is 0 Å². The first-order valence-corrected chi connectivity index (χ1v) is 7.40. The normalized spacial score (nSPS) is 25.9. The molecule has 120 valence electrons. The zero-order valence-corrected chi connectivity index (χ0v) is 12.7. The second-order valence-electron chi connectivity index (χ2n) is 6.08. The molecule has 0 radical (unpaired) electrons. The number of nitrogens with zero attached hydrogens (tertiary/aromatic N) is 1. The summed E-state index contributed by atoms with van der Waals surface area (Å²) in [6.07, 6.45) is -2.12. The Kier molecular flexibility index (Phi) is 7.26. The van der Waals surface area contributed by atoms with Gasteiger partial charge in [-0.2, -0.15) is 13.2 Å². The first-order chi connectivity index (χ1) is 9.28. The summed E-state index contributed by atoms with van der Waals surface area (Å²) >= 11 is 0. The highest BCUT2D eigenvalue weighted by Crippen LogP contribution is 2.16. The van der Waals surface area contributed by atoms with Crippen molar-refractivity contribution >= 4 is 0 Å². The molecule has 1 aliphatic rings. The summed E-state index contributed by atoms with van der Waals surface area (Å²) in [5.74, 6) is 0.615. The van der Waals surface area contributed by atoms with E-state index in [0.717, 1.165) is 25.9 Å². The molecule has 0 saturated carbocycles. The Labute approximate surface area is 119 Å². The molecule has 2 atom stereocenters. The van der Waals surface area contributed by atoms with Gasteiger partial charge in [-0.25, -0.2) is 0 Å². The molecule has 0 amide bonds. The van der Waals surface area contributed by atoms with Crippen LogP contribution in [0.4, 0.5) is 13.2 Å². The predicted molar refractivity (Wildman–Crippen MR) is 73.8 cm³/mol. The molecule has 1 aliphatic heterocycles. The molecule has 0 aromatic heterocycles. The highest BCUT2D eigenvalue weighted by atomic mass is 19.4. The lowest BCUT2D eigenvalue weighted by Gasteiger charge is -2.29. The third-order valence-electron chi connectivity index (χ3n) is 3.62. The summed E-state index contributed by atoms with van der Waals surface area (Å²) in [4.78, 5) is 2.24. The van der Waals surface area contributed by atoms with Gasteiger partial charge in [0.25, 0.3) is 0 Å². The number of hydrogen-bond donors (Lipinski definition) is 1. The lowest BCUT2D eigenvalue weighted by Crippen LogP contribution is -2.42. The molecular formula is C14H27F3N2O. The average Bonchev–Trinajstić information content (AvgIpc) is 2.45. The first-order valence-electron chi connectivity index (χ1n) is 7.40. The fraction of sp³-hybridized carbons (Fsp3) is 1.00. The predicted octanol–water partition coefficient (Wildman–Crippen LogP) is 2.66. The molecule has 0 bridgehead atoms. The van der Waals surface area contributed by atoms with E-state index in [1.54, 1.807) is 0 Å². The molecule has 1 heterocycles. The highest BCUT2D eigenvalue weighted by Gasteiger charge is 2.28. The largest absolute Gasteiger partial charge is 0.411 e. The molecule has 0 aliphatic carbocycles. The zero-order chi connectivity index (χ0) is 15.2. The molecule has 0 spiro atoms. The second-order valence-corrected chi connectivity index (χ2v) is 6.08. The average molecular weight is 296 g/mol. The van der Waals surface area contributed by atoms with E-state index in [2.05, 4.69) is 31.0 Å². The van der Waals surface area contributed by atoms with Crippen molar-refractivity contribution in [2.75, 3.05) is 32.8 Å². The molecule has 1 N–H and O–H groups in total. The number of ether oxygens (including phenoxy) is 1. The molecule has 2 unspecified atom stereocenters. The zero-order valence-electron chi connectivity index (χ0n) is 12.7. The molecule has 3 nitrogen and oxygen atoms in total. The van der Waals surface area contributed by atoms with E-state index in [9.17, 15) is 13.2 Å². The third kappa shape index (κ3) is 7.45. The van der Waals surface area contributed by atoms with E-state index in [1.165, 1.54) is 0 Å². The van der Waals surface area contributed by atoms with Gasteiger partial charge in [0, 0.05) is 25.2 Å². The van der Waals surface area contributed by atoms with Crippen LogP contribution in [-0.4, -0.2) is 56.0 Å². The summed E-state index contributed by atoms with van der Waals surface area (Å²) in [7, 11) is 0. The Hall–Kier alpha value is -0.330. The number of halogens is 3. The van der Waals surface area contributed by atoms with Crippen molar-refractivity contribution in [2.45, 2.75) is 51.9 Å². The summed E-state index contributed by atoms with van der Waals surface area (Å²) in [6.45, 7) is 7.91. The Balaban J connectivity index is 2.36. The standard InChI is InChI=1S/C14H27F3N2O/c1-11(2)8-13-9-19(12(3)4-5-18-13)6-7-20-10-14(15,16)17/h11-13,18H,4-10H2,1-3H3. The minimum Gasteiger partial charge on any atom is -0.371 e. The smallest absolute Gasteiger partial charge is 0.371 e. The maximum absolute atomic E-state index is 12.0. The molecule has 6 heteroatoms. The van der Waals surface area contributed by atoms with Crippen LogP contribution in [0.25, 0.3) is 0 Å². The van der Waals surface area contributed by atoms with Gasteiger partial charge in [0.05, 0.1) is 6.61 Å². The van der Waals surface area contributed by atoms with Crippen molar-refractivity contribution < 1.29 is 17.9 Å². The summed E-state index contributed by atoms with van der Waals surface area (Å²) in [6, 6.07) is 0.803. The van der Waals surface area contributed by atoms with E-state index in [4.69, 9.17) is 4.74 Å². The van der Waals surface area contributed by atoms with Crippen LogP contribution in [0.15, 0.2) is 0 Å². The van der Waals surface area contributed by atoms with Gasteiger partial charge in [-0.15, -0.1) is 0 Å². The first kappa shape index (κ1) is 17.7. The van der Waals surface area contributed by atoms with Crippen LogP contribution in [0.3, 0.4) is 0 Å². The molecule has 1 rings (SSSR count). The Morgan fingerprint density at radius 2 is 2.05 bits per heavy atom. The van der Waals surface area contributed by atoms with Crippen molar-refractivity contribution in [1.82, 2.24) is 10.2 Å². The molecule has 20 heavy (non-hydrogen) atoms. The highest BCUT2D eigenvalue weighted by molar-refractivity contribution is 4.81. The SMILES string of the molecule is CC(C)CC1CN(CCOCC(F)(F)F)C(C)CCN1. The van der Waals surface area contributed by atoms with Crippen molar-refractivity contribution in [3.05, 3.63) is 0 Å². The van der Waals surface area contributed by atoms with Crippen LogP contribution in [0, 0.1) is 5.92 Å².